The average Bonchev–Trinajstić information content (AvgIpc) is 2.89. The van der Waals surface area contributed by atoms with Crippen LogP contribution in [0.1, 0.15) is 27.6 Å². The number of carboxylic acids is 1. The molecule has 0 amide bonds. The highest BCUT2D eigenvalue weighted by molar-refractivity contribution is 5.89. The lowest BCUT2D eigenvalue weighted by Gasteiger charge is -2.00. The molecule has 7 heteroatoms. The number of carbonyl (C=O) groups excluding carboxylic acids is 1. The van der Waals surface area contributed by atoms with Crippen LogP contribution >= 0.6 is 0 Å². The number of aromatic carboxylic acids is 1. The molecule has 2 rings (SSSR count). The summed E-state index contributed by atoms with van der Waals surface area (Å²) in [6.45, 7) is 2.00. The molecule has 0 unspecified atom stereocenters. The monoisotopic (exact) mass is 261 g/mol. The first-order valence-corrected chi connectivity index (χ1v) is 5.53. The van der Waals surface area contributed by atoms with E-state index < -0.39 is 11.9 Å². The fourth-order valence-electron chi connectivity index (χ4n) is 1.42. The molecule has 0 bridgehead atoms. The van der Waals surface area contributed by atoms with Crippen molar-refractivity contribution in [3.05, 3.63) is 41.9 Å². The lowest BCUT2D eigenvalue weighted by Crippen LogP contribution is -2.04. The largest absolute Gasteiger partial charge is 0.478 e. The minimum absolute atomic E-state index is 0.0847. The van der Waals surface area contributed by atoms with Crippen LogP contribution in [0.3, 0.4) is 0 Å². The smallest absolute Gasteiger partial charge is 0.341 e. The maximum absolute atomic E-state index is 11.5. The molecule has 7 nitrogen and oxygen atoms in total. The zero-order chi connectivity index (χ0) is 13.8. The Bertz CT molecular complexity index is 604. The molecule has 0 saturated carbocycles. The zero-order valence-corrected chi connectivity index (χ0v) is 10.1. The number of rotatable bonds is 4. The molecule has 98 valence electrons. The number of carboxylic acid groups (broad SMARTS) is 1. The second kappa shape index (κ2) is 5.30. The first-order valence-electron chi connectivity index (χ1n) is 5.53. The first-order chi connectivity index (χ1) is 9.11. The quantitative estimate of drug-likeness (QED) is 0.829. The van der Waals surface area contributed by atoms with Gasteiger partial charge in [0.2, 0.25) is 0 Å². The van der Waals surface area contributed by atoms with Gasteiger partial charge in [-0.3, -0.25) is 0 Å². The number of hydrogen-bond acceptors (Lipinski definition) is 5. The fourth-order valence-corrected chi connectivity index (χ4v) is 1.42. The SMILES string of the molecule is CCOC(=O)c1cnn(-c2ccc(C(=O)O)cn2)c1. The van der Waals surface area contributed by atoms with Gasteiger partial charge in [-0.1, -0.05) is 0 Å². The fraction of sp³-hybridized carbons (Fsp3) is 0.167. The summed E-state index contributed by atoms with van der Waals surface area (Å²) in [5, 5.41) is 12.7. The molecule has 2 aromatic rings. The van der Waals surface area contributed by atoms with Crippen molar-refractivity contribution >= 4 is 11.9 Å². The van der Waals surface area contributed by atoms with Crippen LogP contribution in [0.5, 0.6) is 0 Å². The Labute approximate surface area is 108 Å². The van der Waals surface area contributed by atoms with Gasteiger partial charge in [-0.2, -0.15) is 5.10 Å². The van der Waals surface area contributed by atoms with E-state index in [-0.39, 0.29) is 12.2 Å². The molecule has 0 saturated heterocycles. The molecule has 0 fully saturated rings. The van der Waals surface area contributed by atoms with Crippen LogP contribution < -0.4 is 0 Å². The maximum atomic E-state index is 11.5. The van der Waals surface area contributed by atoms with Crippen LogP contribution in [0.2, 0.25) is 0 Å². The van der Waals surface area contributed by atoms with E-state index in [1.165, 1.54) is 35.4 Å². The minimum Gasteiger partial charge on any atom is -0.478 e. The second-order valence-electron chi connectivity index (χ2n) is 3.60. The molecule has 0 aromatic carbocycles. The van der Waals surface area contributed by atoms with Gasteiger partial charge < -0.3 is 9.84 Å². The summed E-state index contributed by atoms with van der Waals surface area (Å²) in [5.74, 6) is -1.09. The minimum atomic E-state index is -1.05. The van der Waals surface area contributed by atoms with Crippen LogP contribution in [0.4, 0.5) is 0 Å². The van der Waals surface area contributed by atoms with Crippen LogP contribution in [-0.2, 0) is 4.74 Å². The van der Waals surface area contributed by atoms with Crippen LogP contribution in [-0.4, -0.2) is 38.4 Å². The highest BCUT2D eigenvalue weighted by Crippen LogP contribution is 2.08. The summed E-state index contributed by atoms with van der Waals surface area (Å²) >= 11 is 0. The molecule has 0 atom stereocenters. The summed E-state index contributed by atoms with van der Waals surface area (Å²) in [6.07, 6.45) is 4.06. The third-order valence-corrected chi connectivity index (χ3v) is 2.32. The van der Waals surface area contributed by atoms with Gasteiger partial charge in [0.25, 0.3) is 0 Å². The van der Waals surface area contributed by atoms with Crippen molar-refractivity contribution < 1.29 is 19.4 Å². The Morgan fingerprint density at radius 2 is 2.11 bits per heavy atom. The number of aromatic nitrogens is 3. The summed E-state index contributed by atoms with van der Waals surface area (Å²) in [7, 11) is 0. The first kappa shape index (κ1) is 12.7. The molecule has 2 heterocycles. The van der Waals surface area contributed by atoms with Crippen molar-refractivity contribution in [1.82, 2.24) is 14.8 Å². The number of pyridine rings is 1. The topological polar surface area (TPSA) is 94.3 Å². The second-order valence-corrected chi connectivity index (χ2v) is 3.60. The molecule has 0 aliphatic rings. The Hall–Kier alpha value is -2.70. The Kier molecular flexibility index (Phi) is 3.56. The van der Waals surface area contributed by atoms with Gasteiger partial charge in [0.05, 0.1) is 23.9 Å². The lowest BCUT2D eigenvalue weighted by molar-refractivity contribution is 0.0526. The predicted molar refractivity (Wildman–Crippen MR) is 64.3 cm³/mol. The standard InChI is InChI=1S/C12H11N3O4/c1-2-19-12(18)9-6-14-15(7-9)10-4-3-8(5-13-10)11(16)17/h3-7H,2H2,1H3,(H,16,17). The normalized spacial score (nSPS) is 10.2. The van der Waals surface area contributed by atoms with E-state index in [0.29, 0.717) is 11.4 Å². The Morgan fingerprint density at radius 1 is 1.32 bits per heavy atom. The molecule has 0 aliphatic heterocycles. The summed E-state index contributed by atoms with van der Waals surface area (Å²) in [4.78, 5) is 26.1. The number of ether oxygens (including phenoxy) is 1. The highest BCUT2D eigenvalue weighted by atomic mass is 16.5. The summed E-state index contributed by atoms with van der Waals surface area (Å²) in [5.41, 5.74) is 0.396. The molecule has 2 aromatic heterocycles. The van der Waals surface area contributed by atoms with Crippen molar-refractivity contribution in [2.75, 3.05) is 6.61 Å². The van der Waals surface area contributed by atoms with E-state index in [0.717, 1.165) is 0 Å². The molecular formula is C12H11N3O4. The van der Waals surface area contributed by atoms with Gasteiger partial charge in [0.15, 0.2) is 5.82 Å². The summed E-state index contributed by atoms with van der Waals surface area (Å²) in [6, 6.07) is 2.92. The number of esters is 1. The van der Waals surface area contributed by atoms with Gasteiger partial charge in [-0.05, 0) is 19.1 Å². The van der Waals surface area contributed by atoms with E-state index in [4.69, 9.17) is 9.84 Å². The molecule has 0 radical (unpaired) electrons. The average molecular weight is 261 g/mol. The number of hydrogen-bond donors (Lipinski definition) is 1. The van der Waals surface area contributed by atoms with Gasteiger partial charge in [-0.25, -0.2) is 19.3 Å². The van der Waals surface area contributed by atoms with Crippen LogP contribution in [0.25, 0.3) is 5.82 Å². The van der Waals surface area contributed by atoms with Gasteiger partial charge in [-0.15, -0.1) is 0 Å². The van der Waals surface area contributed by atoms with Crippen LogP contribution in [0, 0.1) is 0 Å². The number of nitrogens with zero attached hydrogens (tertiary/aromatic N) is 3. The third kappa shape index (κ3) is 2.76. The van der Waals surface area contributed by atoms with Gasteiger partial charge >= 0.3 is 11.9 Å². The van der Waals surface area contributed by atoms with E-state index in [1.54, 1.807) is 6.92 Å². The van der Waals surface area contributed by atoms with E-state index in [9.17, 15) is 9.59 Å². The number of carbonyl (C=O) groups is 2. The Morgan fingerprint density at radius 3 is 2.68 bits per heavy atom. The van der Waals surface area contributed by atoms with E-state index in [1.807, 2.05) is 0 Å². The van der Waals surface area contributed by atoms with Crippen LogP contribution in [0.15, 0.2) is 30.7 Å². The predicted octanol–water partition coefficient (Wildman–Crippen LogP) is 1.14. The zero-order valence-electron chi connectivity index (χ0n) is 10.1. The molecular weight excluding hydrogens is 250 g/mol. The van der Waals surface area contributed by atoms with E-state index >= 15 is 0 Å². The van der Waals surface area contributed by atoms with Gasteiger partial charge in [0.1, 0.15) is 0 Å². The molecule has 0 spiro atoms. The summed E-state index contributed by atoms with van der Waals surface area (Å²) < 4.78 is 6.21. The molecule has 1 N–H and O–H groups in total. The maximum Gasteiger partial charge on any atom is 0.341 e. The van der Waals surface area contributed by atoms with Crippen molar-refractivity contribution in [3.63, 3.8) is 0 Å². The highest BCUT2D eigenvalue weighted by Gasteiger charge is 2.11. The van der Waals surface area contributed by atoms with Crippen molar-refractivity contribution in [3.8, 4) is 5.82 Å². The lowest BCUT2D eigenvalue weighted by atomic mass is 10.3. The Balaban J connectivity index is 2.23. The molecule has 19 heavy (non-hydrogen) atoms. The van der Waals surface area contributed by atoms with E-state index in [2.05, 4.69) is 10.1 Å². The van der Waals surface area contributed by atoms with Crippen molar-refractivity contribution in [1.29, 1.82) is 0 Å². The van der Waals surface area contributed by atoms with Crippen molar-refractivity contribution in [2.24, 2.45) is 0 Å². The van der Waals surface area contributed by atoms with Crippen molar-refractivity contribution in [2.45, 2.75) is 6.92 Å². The molecule has 0 aliphatic carbocycles. The third-order valence-electron chi connectivity index (χ3n) is 2.32. The van der Waals surface area contributed by atoms with Gasteiger partial charge in [0, 0.05) is 12.4 Å².